The van der Waals surface area contributed by atoms with E-state index in [0.29, 0.717) is 12.5 Å². The van der Waals surface area contributed by atoms with Gasteiger partial charge in [0.05, 0.1) is 6.54 Å². The van der Waals surface area contributed by atoms with Gasteiger partial charge < -0.3 is 16.0 Å². The molecule has 5 nitrogen and oxygen atoms in total. The van der Waals surface area contributed by atoms with Gasteiger partial charge >= 0.3 is 0 Å². The van der Waals surface area contributed by atoms with E-state index < -0.39 is 0 Å². The number of piperazine rings is 1. The first kappa shape index (κ1) is 21.8. The zero-order chi connectivity index (χ0) is 17.4. The molecule has 25 heavy (non-hydrogen) atoms. The Bertz CT molecular complexity index is 565. The molecule has 0 amide bonds. The summed E-state index contributed by atoms with van der Waals surface area (Å²) < 4.78 is 0. The van der Waals surface area contributed by atoms with Crippen molar-refractivity contribution in [3.05, 3.63) is 42.0 Å². The molecule has 140 valence electrons. The second-order valence-corrected chi connectivity index (χ2v) is 6.61. The minimum absolute atomic E-state index is 0. The molecule has 3 N–H and O–H groups in total. The molecule has 0 spiro atoms. The summed E-state index contributed by atoms with van der Waals surface area (Å²) in [4.78, 5) is 9.22. The number of anilines is 1. The van der Waals surface area contributed by atoms with Crippen molar-refractivity contribution in [3.63, 3.8) is 0 Å². The lowest BCUT2D eigenvalue weighted by molar-refractivity contribution is 0.255. The van der Waals surface area contributed by atoms with E-state index in [4.69, 9.17) is 5.73 Å². The Morgan fingerprint density at radius 2 is 2.00 bits per heavy atom. The lowest BCUT2D eigenvalue weighted by atomic mass is 10.2. The monoisotopic (exact) mass is 457 g/mol. The van der Waals surface area contributed by atoms with Gasteiger partial charge in [-0.25, -0.2) is 4.99 Å². The fourth-order valence-electron chi connectivity index (χ4n) is 2.85. The van der Waals surface area contributed by atoms with Gasteiger partial charge in [0, 0.05) is 38.4 Å². The number of aryl methyl sites for hydroxylation is 1. The smallest absolute Gasteiger partial charge is 0.188 e. The molecule has 1 aromatic carbocycles. The Balaban J connectivity index is 0.00000312. The van der Waals surface area contributed by atoms with E-state index in [1.165, 1.54) is 11.3 Å². The molecule has 6 heteroatoms. The average molecular weight is 457 g/mol. The van der Waals surface area contributed by atoms with Crippen LogP contribution in [0.2, 0.25) is 0 Å². The molecule has 1 heterocycles. The maximum atomic E-state index is 5.81. The van der Waals surface area contributed by atoms with Crippen molar-refractivity contribution in [2.45, 2.75) is 20.3 Å². The van der Waals surface area contributed by atoms with Crippen molar-refractivity contribution in [3.8, 4) is 0 Å². The van der Waals surface area contributed by atoms with Gasteiger partial charge in [0.2, 0.25) is 0 Å². The number of hydrogen-bond acceptors (Lipinski definition) is 3. The highest BCUT2D eigenvalue weighted by atomic mass is 127. The largest absolute Gasteiger partial charge is 0.370 e. The Morgan fingerprint density at radius 1 is 1.28 bits per heavy atom. The summed E-state index contributed by atoms with van der Waals surface area (Å²) in [5.41, 5.74) is 9.50. The van der Waals surface area contributed by atoms with Gasteiger partial charge in [-0.3, -0.25) is 4.90 Å². The molecule has 1 aliphatic rings. The van der Waals surface area contributed by atoms with Crippen molar-refractivity contribution in [2.24, 2.45) is 10.7 Å². The van der Waals surface area contributed by atoms with Crippen LogP contribution in [0.15, 0.2) is 41.4 Å². The summed E-state index contributed by atoms with van der Waals surface area (Å²) in [7, 11) is 0. The number of benzene rings is 1. The topological polar surface area (TPSA) is 56.9 Å². The molecule has 1 saturated heterocycles. The normalized spacial score (nSPS) is 15.6. The lowest BCUT2D eigenvalue weighted by Crippen LogP contribution is -2.47. The summed E-state index contributed by atoms with van der Waals surface area (Å²) in [5.74, 6) is 0.516. The van der Waals surface area contributed by atoms with Gasteiger partial charge in [-0.2, -0.15) is 0 Å². The SMILES string of the molecule is C=C(C)CN=C(N)NCCCN1CCN(c2cccc(C)c2)CC1.I. The minimum Gasteiger partial charge on any atom is -0.370 e. The van der Waals surface area contributed by atoms with E-state index in [1.54, 1.807) is 0 Å². The molecule has 0 saturated carbocycles. The third-order valence-electron chi connectivity index (χ3n) is 4.22. The van der Waals surface area contributed by atoms with Crippen molar-refractivity contribution < 1.29 is 0 Å². The van der Waals surface area contributed by atoms with Crippen LogP contribution in [-0.2, 0) is 0 Å². The highest BCUT2D eigenvalue weighted by molar-refractivity contribution is 14.0. The van der Waals surface area contributed by atoms with E-state index in [1.807, 2.05) is 6.92 Å². The Morgan fingerprint density at radius 3 is 2.64 bits per heavy atom. The van der Waals surface area contributed by atoms with Crippen LogP contribution in [0.1, 0.15) is 18.9 Å². The molecule has 0 bridgehead atoms. The van der Waals surface area contributed by atoms with E-state index in [2.05, 4.69) is 57.9 Å². The number of nitrogens with two attached hydrogens (primary N) is 1. The second kappa shape index (κ2) is 11.4. The van der Waals surface area contributed by atoms with E-state index in [-0.39, 0.29) is 24.0 Å². The van der Waals surface area contributed by atoms with Crippen LogP contribution in [0.4, 0.5) is 5.69 Å². The Labute approximate surface area is 169 Å². The van der Waals surface area contributed by atoms with Crippen molar-refractivity contribution in [1.82, 2.24) is 10.2 Å². The molecular weight excluding hydrogens is 425 g/mol. The number of rotatable bonds is 7. The fourth-order valence-corrected chi connectivity index (χ4v) is 2.85. The zero-order valence-electron chi connectivity index (χ0n) is 15.5. The number of hydrogen-bond donors (Lipinski definition) is 2. The number of aliphatic imine (C=N–C) groups is 1. The summed E-state index contributed by atoms with van der Waals surface area (Å²) >= 11 is 0. The summed E-state index contributed by atoms with van der Waals surface area (Å²) in [6, 6.07) is 8.77. The average Bonchev–Trinajstić information content (AvgIpc) is 2.57. The lowest BCUT2D eigenvalue weighted by Gasteiger charge is -2.36. The van der Waals surface area contributed by atoms with Gasteiger partial charge in [0.1, 0.15) is 0 Å². The number of guanidine groups is 1. The van der Waals surface area contributed by atoms with Crippen LogP contribution in [-0.4, -0.2) is 56.7 Å². The first-order chi connectivity index (χ1) is 11.5. The zero-order valence-corrected chi connectivity index (χ0v) is 17.8. The Hall–Kier alpha value is -1.28. The molecule has 1 aliphatic heterocycles. The summed E-state index contributed by atoms with van der Waals surface area (Å²) in [6.45, 7) is 14.9. The molecule has 2 rings (SSSR count). The van der Waals surface area contributed by atoms with Gasteiger partial charge in [0.15, 0.2) is 5.96 Å². The van der Waals surface area contributed by atoms with Crippen molar-refractivity contribution in [2.75, 3.05) is 50.7 Å². The van der Waals surface area contributed by atoms with Crippen LogP contribution in [0.5, 0.6) is 0 Å². The third kappa shape index (κ3) is 8.09. The quantitative estimate of drug-likeness (QED) is 0.217. The van der Waals surface area contributed by atoms with Crippen LogP contribution in [0.25, 0.3) is 0 Å². The minimum atomic E-state index is 0. The van der Waals surface area contributed by atoms with Crippen LogP contribution in [0, 0.1) is 6.92 Å². The van der Waals surface area contributed by atoms with E-state index >= 15 is 0 Å². The van der Waals surface area contributed by atoms with Crippen molar-refractivity contribution in [1.29, 1.82) is 0 Å². The molecule has 0 atom stereocenters. The number of nitrogens with zero attached hydrogens (tertiary/aromatic N) is 3. The van der Waals surface area contributed by atoms with Crippen LogP contribution in [0.3, 0.4) is 0 Å². The maximum Gasteiger partial charge on any atom is 0.188 e. The molecule has 1 fully saturated rings. The molecule has 0 aromatic heterocycles. The van der Waals surface area contributed by atoms with E-state index in [9.17, 15) is 0 Å². The van der Waals surface area contributed by atoms with Gasteiger partial charge in [-0.15, -0.1) is 24.0 Å². The third-order valence-corrected chi connectivity index (χ3v) is 4.22. The van der Waals surface area contributed by atoms with Gasteiger partial charge in [-0.05, 0) is 44.5 Å². The van der Waals surface area contributed by atoms with Crippen LogP contribution < -0.4 is 16.0 Å². The number of nitrogens with one attached hydrogen (secondary N) is 1. The highest BCUT2D eigenvalue weighted by Gasteiger charge is 2.16. The van der Waals surface area contributed by atoms with Crippen LogP contribution >= 0.6 is 24.0 Å². The molecule has 0 unspecified atom stereocenters. The summed E-state index contributed by atoms with van der Waals surface area (Å²) in [5, 5.41) is 3.17. The predicted octanol–water partition coefficient (Wildman–Crippen LogP) is 2.61. The first-order valence-electron chi connectivity index (χ1n) is 8.77. The molecule has 1 aromatic rings. The maximum absolute atomic E-state index is 5.81. The van der Waals surface area contributed by atoms with Crippen molar-refractivity contribution >= 4 is 35.6 Å². The standard InChI is InChI=1S/C19H31N5.HI/c1-16(2)15-22-19(20)21-8-5-9-23-10-12-24(13-11-23)18-7-4-6-17(3)14-18;/h4,6-7,14H,1,5,8-13,15H2,2-3H3,(H3,20,21,22);1H. The summed E-state index contributed by atoms with van der Waals surface area (Å²) in [6.07, 6.45) is 1.08. The number of halogens is 1. The molecule has 0 radical (unpaired) electrons. The van der Waals surface area contributed by atoms with Gasteiger partial charge in [-0.1, -0.05) is 24.3 Å². The highest BCUT2D eigenvalue weighted by Crippen LogP contribution is 2.17. The first-order valence-corrected chi connectivity index (χ1v) is 8.77. The molecule has 0 aliphatic carbocycles. The predicted molar refractivity (Wildman–Crippen MR) is 119 cm³/mol. The van der Waals surface area contributed by atoms with E-state index in [0.717, 1.165) is 51.3 Å². The fraction of sp³-hybridized carbons (Fsp3) is 0.526. The Kier molecular flexibility index (Phi) is 9.89. The second-order valence-electron chi connectivity index (χ2n) is 6.61. The van der Waals surface area contributed by atoms with Gasteiger partial charge in [0.25, 0.3) is 0 Å². The molecular formula is C19H32IN5.